The molecule has 0 saturated carbocycles. The van der Waals surface area contributed by atoms with Crippen molar-refractivity contribution < 1.29 is 9.53 Å². The second-order valence-corrected chi connectivity index (χ2v) is 6.61. The molecule has 0 amide bonds. The summed E-state index contributed by atoms with van der Waals surface area (Å²) in [6.45, 7) is 1.76. The van der Waals surface area contributed by atoms with E-state index in [1.807, 2.05) is 60.7 Å². The van der Waals surface area contributed by atoms with Crippen LogP contribution < -0.4 is 0 Å². The molecule has 1 heterocycles. The van der Waals surface area contributed by atoms with Crippen molar-refractivity contribution in [1.29, 1.82) is 0 Å². The van der Waals surface area contributed by atoms with E-state index >= 15 is 0 Å². The molecule has 0 aliphatic rings. The summed E-state index contributed by atoms with van der Waals surface area (Å²) in [5.74, 6) is -0.318. The standard InChI is InChI=1S/C19H17N3O2S/c1-13(18(23)24-2)25-19-20-16(14-9-5-3-6-10-14)17(21-22-19)15-11-7-4-8-12-15/h3-13H,1-2H3. The van der Waals surface area contributed by atoms with E-state index in [0.717, 1.165) is 16.8 Å². The highest BCUT2D eigenvalue weighted by atomic mass is 32.2. The van der Waals surface area contributed by atoms with Crippen molar-refractivity contribution in [2.75, 3.05) is 7.11 Å². The van der Waals surface area contributed by atoms with Gasteiger partial charge in [-0.3, -0.25) is 4.79 Å². The van der Waals surface area contributed by atoms with Gasteiger partial charge in [-0.25, -0.2) is 4.98 Å². The molecular formula is C19H17N3O2S. The van der Waals surface area contributed by atoms with Gasteiger partial charge in [-0.1, -0.05) is 72.4 Å². The highest BCUT2D eigenvalue weighted by Crippen LogP contribution is 2.30. The van der Waals surface area contributed by atoms with Crippen LogP contribution in [-0.4, -0.2) is 33.5 Å². The highest BCUT2D eigenvalue weighted by Gasteiger charge is 2.19. The number of hydrogen-bond acceptors (Lipinski definition) is 6. The predicted molar refractivity (Wildman–Crippen MR) is 98.0 cm³/mol. The molecule has 0 N–H and O–H groups in total. The Morgan fingerprint density at radius 1 is 0.920 bits per heavy atom. The lowest BCUT2D eigenvalue weighted by Crippen LogP contribution is -2.15. The van der Waals surface area contributed by atoms with Gasteiger partial charge in [0, 0.05) is 11.1 Å². The van der Waals surface area contributed by atoms with Crippen molar-refractivity contribution >= 4 is 17.7 Å². The van der Waals surface area contributed by atoms with Crippen LogP contribution in [0.4, 0.5) is 0 Å². The Balaban J connectivity index is 2.04. The van der Waals surface area contributed by atoms with E-state index in [1.54, 1.807) is 6.92 Å². The summed E-state index contributed by atoms with van der Waals surface area (Å²) in [7, 11) is 1.37. The quantitative estimate of drug-likeness (QED) is 0.514. The normalized spacial score (nSPS) is 11.8. The first-order valence-corrected chi connectivity index (χ1v) is 8.67. The number of nitrogens with zero attached hydrogens (tertiary/aromatic N) is 3. The Morgan fingerprint density at radius 2 is 1.48 bits per heavy atom. The third-order valence-corrected chi connectivity index (χ3v) is 4.51. The molecule has 3 rings (SSSR count). The van der Waals surface area contributed by atoms with Crippen LogP contribution in [0, 0.1) is 0 Å². The number of aromatic nitrogens is 3. The molecule has 2 aromatic carbocycles. The molecule has 5 nitrogen and oxygen atoms in total. The number of ether oxygens (including phenoxy) is 1. The van der Waals surface area contributed by atoms with Gasteiger partial charge in [0.15, 0.2) is 0 Å². The maximum atomic E-state index is 11.6. The van der Waals surface area contributed by atoms with E-state index in [4.69, 9.17) is 4.74 Å². The number of carbonyl (C=O) groups excluding carboxylic acids is 1. The van der Waals surface area contributed by atoms with Crippen molar-refractivity contribution in [3.8, 4) is 22.5 Å². The largest absolute Gasteiger partial charge is 0.468 e. The fraction of sp³-hybridized carbons (Fsp3) is 0.158. The van der Waals surface area contributed by atoms with Crippen molar-refractivity contribution in [1.82, 2.24) is 15.2 Å². The number of carbonyl (C=O) groups is 1. The molecule has 0 spiro atoms. The lowest BCUT2D eigenvalue weighted by atomic mass is 10.0. The van der Waals surface area contributed by atoms with Crippen LogP contribution in [0.15, 0.2) is 65.8 Å². The highest BCUT2D eigenvalue weighted by molar-refractivity contribution is 8.00. The van der Waals surface area contributed by atoms with Crippen LogP contribution in [0.3, 0.4) is 0 Å². The van der Waals surface area contributed by atoms with Crippen LogP contribution >= 0.6 is 11.8 Å². The third kappa shape index (κ3) is 4.03. The Bertz CT molecular complexity index is 857. The van der Waals surface area contributed by atoms with E-state index in [1.165, 1.54) is 18.9 Å². The molecule has 0 aliphatic heterocycles. The number of benzene rings is 2. The Hall–Kier alpha value is -2.73. The molecule has 6 heteroatoms. The van der Waals surface area contributed by atoms with E-state index in [2.05, 4.69) is 15.2 Å². The van der Waals surface area contributed by atoms with Gasteiger partial charge in [0.1, 0.15) is 16.6 Å². The number of methoxy groups -OCH3 is 1. The van der Waals surface area contributed by atoms with Crippen LogP contribution in [0.25, 0.3) is 22.5 Å². The lowest BCUT2D eigenvalue weighted by Gasteiger charge is -2.11. The minimum atomic E-state index is -0.405. The summed E-state index contributed by atoms with van der Waals surface area (Å²) in [4.78, 5) is 16.3. The SMILES string of the molecule is COC(=O)C(C)Sc1nnc(-c2ccccc2)c(-c2ccccc2)n1. The fourth-order valence-electron chi connectivity index (χ4n) is 2.32. The number of hydrogen-bond donors (Lipinski definition) is 0. The molecule has 126 valence electrons. The lowest BCUT2D eigenvalue weighted by molar-refractivity contribution is -0.139. The first-order chi connectivity index (χ1) is 12.2. The van der Waals surface area contributed by atoms with Crippen molar-refractivity contribution in [3.63, 3.8) is 0 Å². The monoisotopic (exact) mass is 351 g/mol. The van der Waals surface area contributed by atoms with Crippen LogP contribution in [0.1, 0.15) is 6.92 Å². The Labute approximate surface area is 150 Å². The summed E-state index contributed by atoms with van der Waals surface area (Å²) in [5.41, 5.74) is 3.34. The minimum Gasteiger partial charge on any atom is -0.468 e. The fourth-order valence-corrected chi connectivity index (χ4v) is 3.06. The number of esters is 1. The van der Waals surface area contributed by atoms with Gasteiger partial charge in [0.2, 0.25) is 5.16 Å². The molecular weight excluding hydrogens is 334 g/mol. The number of rotatable bonds is 5. The van der Waals surface area contributed by atoms with Crippen molar-refractivity contribution in [2.24, 2.45) is 0 Å². The summed E-state index contributed by atoms with van der Waals surface area (Å²) in [5, 5.41) is 8.61. The van der Waals surface area contributed by atoms with E-state index < -0.39 is 5.25 Å². The molecule has 0 radical (unpaired) electrons. The van der Waals surface area contributed by atoms with Gasteiger partial charge in [0.25, 0.3) is 0 Å². The molecule has 0 saturated heterocycles. The maximum absolute atomic E-state index is 11.6. The van der Waals surface area contributed by atoms with Gasteiger partial charge in [-0.05, 0) is 6.92 Å². The van der Waals surface area contributed by atoms with Crippen LogP contribution in [-0.2, 0) is 9.53 Å². The Morgan fingerprint density at radius 3 is 2.04 bits per heavy atom. The third-order valence-electron chi connectivity index (χ3n) is 3.58. The van der Waals surface area contributed by atoms with Gasteiger partial charge < -0.3 is 4.74 Å². The zero-order valence-electron chi connectivity index (χ0n) is 13.9. The molecule has 1 atom stereocenters. The summed E-state index contributed by atoms with van der Waals surface area (Å²) in [6.07, 6.45) is 0. The predicted octanol–water partition coefficient (Wildman–Crippen LogP) is 3.86. The van der Waals surface area contributed by atoms with Gasteiger partial charge in [-0.2, -0.15) is 0 Å². The molecule has 25 heavy (non-hydrogen) atoms. The van der Waals surface area contributed by atoms with Crippen molar-refractivity contribution in [2.45, 2.75) is 17.3 Å². The van der Waals surface area contributed by atoms with E-state index in [0.29, 0.717) is 10.9 Å². The second-order valence-electron chi connectivity index (χ2n) is 5.31. The zero-order chi connectivity index (χ0) is 17.6. The first kappa shape index (κ1) is 17.1. The van der Waals surface area contributed by atoms with Gasteiger partial charge in [0.05, 0.1) is 7.11 Å². The van der Waals surface area contributed by atoms with Crippen LogP contribution in [0.2, 0.25) is 0 Å². The van der Waals surface area contributed by atoms with E-state index in [-0.39, 0.29) is 5.97 Å². The van der Waals surface area contributed by atoms with Gasteiger partial charge >= 0.3 is 5.97 Å². The average Bonchev–Trinajstić information content (AvgIpc) is 2.68. The second kappa shape index (κ2) is 7.90. The summed E-state index contributed by atoms with van der Waals surface area (Å²) >= 11 is 1.23. The number of thioether (sulfide) groups is 1. The topological polar surface area (TPSA) is 65.0 Å². The molecule has 0 aliphatic carbocycles. The molecule has 1 unspecified atom stereocenters. The smallest absolute Gasteiger partial charge is 0.318 e. The summed E-state index contributed by atoms with van der Waals surface area (Å²) in [6, 6.07) is 19.6. The minimum absolute atomic E-state index is 0.318. The molecule has 0 bridgehead atoms. The maximum Gasteiger partial charge on any atom is 0.318 e. The van der Waals surface area contributed by atoms with Crippen LogP contribution in [0.5, 0.6) is 0 Å². The molecule has 3 aromatic rings. The summed E-state index contributed by atoms with van der Waals surface area (Å²) < 4.78 is 4.76. The first-order valence-electron chi connectivity index (χ1n) is 7.79. The molecule has 1 aromatic heterocycles. The zero-order valence-corrected chi connectivity index (χ0v) is 14.7. The Kier molecular flexibility index (Phi) is 5.40. The molecule has 0 fully saturated rings. The van der Waals surface area contributed by atoms with Gasteiger partial charge in [-0.15, -0.1) is 10.2 Å². The average molecular weight is 351 g/mol. The van der Waals surface area contributed by atoms with E-state index in [9.17, 15) is 4.79 Å². The van der Waals surface area contributed by atoms with Crippen molar-refractivity contribution in [3.05, 3.63) is 60.7 Å².